The molecule has 1 atom stereocenters. The molecule has 0 saturated heterocycles. The Hall–Kier alpha value is -0.600. The van der Waals surface area contributed by atoms with Crippen molar-refractivity contribution in [3.05, 3.63) is 34.0 Å². The molecule has 1 heterocycles. The molecule has 13 heavy (non-hydrogen) atoms. The highest BCUT2D eigenvalue weighted by Crippen LogP contribution is 2.26. The fourth-order valence-corrected chi connectivity index (χ4v) is 2.39. The molecule has 1 aromatic heterocycles. The molecular formula is C11H17NS. The molecule has 0 radical (unpaired) electrons. The van der Waals surface area contributed by atoms with E-state index in [-0.39, 0.29) is 0 Å². The number of hydrogen-bond acceptors (Lipinski definition) is 2. The molecule has 1 rings (SSSR count). The maximum Gasteiger partial charge on any atom is 0.0598 e. The van der Waals surface area contributed by atoms with Crippen LogP contribution in [-0.2, 0) is 0 Å². The molecule has 0 bridgehead atoms. The number of thiophene rings is 1. The molecule has 1 nitrogen and oxygen atoms in total. The molecule has 0 amide bonds. The molecule has 0 aliphatic carbocycles. The van der Waals surface area contributed by atoms with Crippen LogP contribution in [0.5, 0.6) is 0 Å². The number of likely N-dealkylation sites (N-methyl/N-ethyl adjacent to an activating group) is 1. The van der Waals surface area contributed by atoms with E-state index in [0.29, 0.717) is 6.04 Å². The lowest BCUT2D eigenvalue weighted by Crippen LogP contribution is -2.17. The van der Waals surface area contributed by atoms with Gasteiger partial charge in [-0.1, -0.05) is 13.0 Å². The van der Waals surface area contributed by atoms with E-state index in [2.05, 4.69) is 38.7 Å². The topological polar surface area (TPSA) is 12.0 Å². The van der Waals surface area contributed by atoms with Crippen LogP contribution in [-0.4, -0.2) is 6.54 Å². The minimum atomic E-state index is 0.322. The van der Waals surface area contributed by atoms with E-state index in [9.17, 15) is 0 Å². The second-order valence-electron chi connectivity index (χ2n) is 3.16. The van der Waals surface area contributed by atoms with Gasteiger partial charge in [0.05, 0.1) is 6.04 Å². The Morgan fingerprint density at radius 3 is 2.69 bits per heavy atom. The molecule has 72 valence electrons. The van der Waals surface area contributed by atoms with Crippen molar-refractivity contribution in [1.29, 1.82) is 0 Å². The van der Waals surface area contributed by atoms with Gasteiger partial charge in [0.25, 0.3) is 0 Å². The maximum atomic E-state index is 3.84. The van der Waals surface area contributed by atoms with Crippen molar-refractivity contribution in [1.82, 2.24) is 5.32 Å². The fourth-order valence-electron chi connectivity index (χ4n) is 1.28. The molecule has 1 unspecified atom stereocenters. The highest BCUT2D eigenvalue weighted by atomic mass is 32.1. The lowest BCUT2D eigenvalue weighted by atomic mass is 10.2. The van der Waals surface area contributed by atoms with E-state index in [1.54, 1.807) is 0 Å². The first-order valence-electron chi connectivity index (χ1n) is 4.62. The Morgan fingerprint density at radius 2 is 2.31 bits per heavy atom. The maximum absolute atomic E-state index is 3.84. The van der Waals surface area contributed by atoms with Crippen LogP contribution >= 0.6 is 11.3 Å². The van der Waals surface area contributed by atoms with Crippen LogP contribution in [0.2, 0.25) is 0 Å². The molecule has 0 fully saturated rings. The molecule has 0 spiro atoms. The highest BCUT2D eigenvalue weighted by molar-refractivity contribution is 7.12. The van der Waals surface area contributed by atoms with Gasteiger partial charge in [-0.3, -0.25) is 0 Å². The largest absolute Gasteiger partial charge is 0.306 e. The van der Waals surface area contributed by atoms with Crippen molar-refractivity contribution in [2.45, 2.75) is 26.8 Å². The SMILES string of the molecule is C=CC(NCC)c1cc(C)c(C)s1. The fraction of sp³-hybridized carbons (Fsp3) is 0.455. The molecule has 0 saturated carbocycles. The summed E-state index contributed by atoms with van der Waals surface area (Å²) >= 11 is 1.85. The molecule has 0 aliphatic rings. The van der Waals surface area contributed by atoms with Gasteiger partial charge in [-0.25, -0.2) is 0 Å². The van der Waals surface area contributed by atoms with Crippen LogP contribution in [0.1, 0.15) is 28.3 Å². The molecule has 1 N–H and O–H groups in total. The summed E-state index contributed by atoms with van der Waals surface area (Å²) < 4.78 is 0. The van der Waals surface area contributed by atoms with Crippen LogP contribution in [0, 0.1) is 13.8 Å². The predicted molar refractivity (Wildman–Crippen MR) is 60.4 cm³/mol. The summed E-state index contributed by atoms with van der Waals surface area (Å²) in [6, 6.07) is 2.57. The lowest BCUT2D eigenvalue weighted by Gasteiger charge is -2.10. The summed E-state index contributed by atoms with van der Waals surface area (Å²) in [4.78, 5) is 2.77. The second kappa shape index (κ2) is 4.58. The van der Waals surface area contributed by atoms with Crippen molar-refractivity contribution in [3.8, 4) is 0 Å². The van der Waals surface area contributed by atoms with Crippen LogP contribution in [0.25, 0.3) is 0 Å². The van der Waals surface area contributed by atoms with Crippen LogP contribution in [0.15, 0.2) is 18.7 Å². The Morgan fingerprint density at radius 1 is 1.62 bits per heavy atom. The minimum absolute atomic E-state index is 0.322. The Labute approximate surface area is 84.5 Å². The van der Waals surface area contributed by atoms with Gasteiger partial charge >= 0.3 is 0 Å². The van der Waals surface area contributed by atoms with E-state index in [4.69, 9.17) is 0 Å². The molecule has 1 aromatic rings. The van der Waals surface area contributed by atoms with Gasteiger partial charge in [-0.2, -0.15) is 0 Å². The van der Waals surface area contributed by atoms with Gasteiger partial charge in [0.15, 0.2) is 0 Å². The van der Waals surface area contributed by atoms with Gasteiger partial charge in [0, 0.05) is 9.75 Å². The molecular weight excluding hydrogens is 178 g/mol. The molecule has 2 heteroatoms. The first-order chi connectivity index (χ1) is 6.19. The van der Waals surface area contributed by atoms with Crippen molar-refractivity contribution in [2.75, 3.05) is 6.54 Å². The number of aryl methyl sites for hydroxylation is 2. The summed E-state index contributed by atoms with van der Waals surface area (Å²) in [6.45, 7) is 11.2. The first-order valence-corrected chi connectivity index (χ1v) is 5.43. The predicted octanol–water partition coefficient (Wildman–Crippen LogP) is 3.20. The summed E-state index contributed by atoms with van der Waals surface area (Å²) in [7, 11) is 0. The lowest BCUT2D eigenvalue weighted by molar-refractivity contribution is 0.658. The van der Waals surface area contributed by atoms with Crippen molar-refractivity contribution in [2.24, 2.45) is 0 Å². The van der Waals surface area contributed by atoms with E-state index in [1.807, 2.05) is 17.4 Å². The number of rotatable bonds is 4. The van der Waals surface area contributed by atoms with Gasteiger partial charge < -0.3 is 5.32 Å². The summed E-state index contributed by atoms with van der Waals surface area (Å²) in [5.74, 6) is 0. The van der Waals surface area contributed by atoms with E-state index >= 15 is 0 Å². The Balaban J connectivity index is 2.84. The average molecular weight is 195 g/mol. The highest BCUT2D eigenvalue weighted by Gasteiger charge is 2.09. The molecule has 0 aliphatic heterocycles. The summed E-state index contributed by atoms with van der Waals surface area (Å²) in [5, 5.41) is 3.38. The minimum Gasteiger partial charge on any atom is -0.306 e. The zero-order chi connectivity index (χ0) is 9.84. The number of hydrogen-bond donors (Lipinski definition) is 1. The van der Waals surface area contributed by atoms with Gasteiger partial charge in [0.2, 0.25) is 0 Å². The smallest absolute Gasteiger partial charge is 0.0598 e. The van der Waals surface area contributed by atoms with Gasteiger partial charge in [-0.05, 0) is 32.0 Å². The van der Waals surface area contributed by atoms with Crippen LogP contribution in [0.3, 0.4) is 0 Å². The third-order valence-electron chi connectivity index (χ3n) is 2.15. The Kier molecular flexibility index (Phi) is 3.70. The third-order valence-corrected chi connectivity index (χ3v) is 3.39. The van der Waals surface area contributed by atoms with Gasteiger partial charge in [-0.15, -0.1) is 17.9 Å². The van der Waals surface area contributed by atoms with Crippen molar-refractivity contribution < 1.29 is 0 Å². The normalized spacial score (nSPS) is 12.8. The second-order valence-corrected chi connectivity index (χ2v) is 4.45. The summed E-state index contributed by atoms with van der Waals surface area (Å²) in [6.07, 6.45) is 1.97. The zero-order valence-corrected chi connectivity index (χ0v) is 9.37. The standard InChI is InChI=1S/C11H17NS/c1-5-10(12-6-2)11-7-8(3)9(4)13-11/h5,7,10,12H,1,6H2,2-4H3. The van der Waals surface area contributed by atoms with Crippen LogP contribution < -0.4 is 5.32 Å². The zero-order valence-electron chi connectivity index (χ0n) is 8.55. The first kappa shape index (κ1) is 10.5. The van der Waals surface area contributed by atoms with E-state index in [1.165, 1.54) is 15.3 Å². The van der Waals surface area contributed by atoms with Crippen molar-refractivity contribution in [3.63, 3.8) is 0 Å². The van der Waals surface area contributed by atoms with E-state index < -0.39 is 0 Å². The summed E-state index contributed by atoms with van der Waals surface area (Å²) in [5.41, 5.74) is 1.38. The number of nitrogens with one attached hydrogen (secondary N) is 1. The average Bonchev–Trinajstić information content (AvgIpc) is 2.43. The Bertz CT molecular complexity index is 269. The molecule has 0 aromatic carbocycles. The van der Waals surface area contributed by atoms with Gasteiger partial charge in [0.1, 0.15) is 0 Å². The quantitative estimate of drug-likeness (QED) is 0.727. The van der Waals surface area contributed by atoms with E-state index in [0.717, 1.165) is 6.54 Å². The third kappa shape index (κ3) is 2.42. The monoisotopic (exact) mass is 195 g/mol. The van der Waals surface area contributed by atoms with Crippen LogP contribution in [0.4, 0.5) is 0 Å². The van der Waals surface area contributed by atoms with Crippen molar-refractivity contribution >= 4 is 11.3 Å².